The maximum atomic E-state index is 5.93. The summed E-state index contributed by atoms with van der Waals surface area (Å²) in [6, 6.07) is 12.2. The number of hydrogen-bond donors (Lipinski definition) is 1. The van der Waals surface area contributed by atoms with E-state index in [1.807, 2.05) is 30.3 Å². The van der Waals surface area contributed by atoms with Crippen LogP contribution < -0.4 is 10.1 Å². The molecule has 2 nitrogen and oxygen atoms in total. The molecule has 2 aromatic rings. The molecule has 0 heterocycles. The Balaban J connectivity index is 1.71. The van der Waals surface area contributed by atoms with Crippen molar-refractivity contribution in [1.82, 2.24) is 5.32 Å². The van der Waals surface area contributed by atoms with E-state index < -0.39 is 0 Å². The van der Waals surface area contributed by atoms with Crippen LogP contribution in [0.5, 0.6) is 11.5 Å². The van der Waals surface area contributed by atoms with Crippen LogP contribution in [0.1, 0.15) is 18.4 Å². The molecule has 0 unspecified atom stereocenters. The van der Waals surface area contributed by atoms with Gasteiger partial charge in [-0.25, -0.2) is 0 Å². The minimum Gasteiger partial charge on any atom is -0.456 e. The third-order valence-corrected chi connectivity index (χ3v) is 4.90. The Kier molecular flexibility index (Phi) is 4.89. The van der Waals surface area contributed by atoms with Crippen LogP contribution in [0.25, 0.3) is 0 Å². The molecular weight excluding hydrogens is 417 g/mol. The van der Waals surface area contributed by atoms with Gasteiger partial charge in [0, 0.05) is 22.1 Å². The molecule has 0 aliphatic heterocycles. The molecule has 21 heavy (non-hydrogen) atoms. The number of ether oxygens (including phenoxy) is 1. The number of hydrogen-bond acceptors (Lipinski definition) is 2. The minimum absolute atomic E-state index is 0.678. The molecule has 110 valence electrons. The monoisotopic (exact) mass is 429 g/mol. The Morgan fingerprint density at radius 2 is 1.90 bits per heavy atom. The first-order valence-electron chi connectivity index (χ1n) is 6.76. The van der Waals surface area contributed by atoms with Gasteiger partial charge in [-0.05, 0) is 64.7 Å². The lowest BCUT2D eigenvalue weighted by Crippen LogP contribution is -2.15. The quantitative estimate of drug-likeness (QED) is 0.636. The minimum atomic E-state index is 0.678. The van der Waals surface area contributed by atoms with Gasteiger partial charge in [0.25, 0.3) is 0 Å². The van der Waals surface area contributed by atoms with Gasteiger partial charge in [0.1, 0.15) is 11.5 Å². The summed E-state index contributed by atoms with van der Waals surface area (Å²) in [5.41, 5.74) is 1.24. The molecule has 0 spiro atoms. The van der Waals surface area contributed by atoms with Gasteiger partial charge in [-0.15, -0.1) is 0 Å². The molecule has 1 N–H and O–H groups in total. The van der Waals surface area contributed by atoms with Gasteiger partial charge in [0.05, 0.1) is 4.47 Å². The normalized spacial score (nSPS) is 14.2. The maximum Gasteiger partial charge on any atom is 0.141 e. The van der Waals surface area contributed by atoms with Crippen molar-refractivity contribution >= 4 is 43.5 Å². The van der Waals surface area contributed by atoms with E-state index in [4.69, 9.17) is 16.3 Å². The number of benzene rings is 2. The molecule has 0 saturated heterocycles. The molecule has 5 heteroatoms. The van der Waals surface area contributed by atoms with Crippen LogP contribution in [0.15, 0.2) is 45.3 Å². The summed E-state index contributed by atoms with van der Waals surface area (Å²) in [5, 5.41) is 4.18. The zero-order valence-electron chi connectivity index (χ0n) is 11.2. The number of halogens is 3. The van der Waals surface area contributed by atoms with Crippen molar-refractivity contribution in [2.45, 2.75) is 25.4 Å². The van der Waals surface area contributed by atoms with Gasteiger partial charge in [0.2, 0.25) is 0 Å². The molecule has 1 fully saturated rings. The molecule has 1 saturated carbocycles. The predicted molar refractivity (Wildman–Crippen MR) is 93.2 cm³/mol. The molecule has 2 aromatic carbocycles. The van der Waals surface area contributed by atoms with E-state index in [-0.39, 0.29) is 0 Å². The fourth-order valence-electron chi connectivity index (χ4n) is 1.96. The SMILES string of the molecule is Clc1ccc(Oc2ccc(CNC3CC3)c(Br)c2)c(Br)c1. The van der Waals surface area contributed by atoms with Crippen LogP contribution >= 0.6 is 43.5 Å². The van der Waals surface area contributed by atoms with Crippen LogP contribution in [0.3, 0.4) is 0 Å². The van der Waals surface area contributed by atoms with E-state index in [2.05, 4.69) is 43.2 Å². The Bertz CT molecular complexity index is 659. The highest BCUT2D eigenvalue weighted by Gasteiger charge is 2.20. The smallest absolute Gasteiger partial charge is 0.141 e. The van der Waals surface area contributed by atoms with Crippen LogP contribution in [-0.4, -0.2) is 6.04 Å². The molecule has 0 atom stereocenters. The zero-order chi connectivity index (χ0) is 14.8. The highest BCUT2D eigenvalue weighted by atomic mass is 79.9. The largest absolute Gasteiger partial charge is 0.456 e. The van der Waals surface area contributed by atoms with E-state index >= 15 is 0 Å². The second-order valence-corrected chi connectivity index (χ2v) is 7.23. The highest BCUT2D eigenvalue weighted by Crippen LogP contribution is 2.33. The fraction of sp³-hybridized carbons (Fsp3) is 0.250. The van der Waals surface area contributed by atoms with Crippen LogP contribution in [-0.2, 0) is 6.54 Å². The summed E-state index contributed by atoms with van der Waals surface area (Å²) < 4.78 is 7.77. The van der Waals surface area contributed by atoms with Crippen LogP contribution in [0, 0.1) is 0 Å². The van der Waals surface area contributed by atoms with Crippen molar-refractivity contribution in [1.29, 1.82) is 0 Å². The first-order valence-corrected chi connectivity index (χ1v) is 8.73. The third-order valence-electron chi connectivity index (χ3n) is 3.30. The van der Waals surface area contributed by atoms with Crippen molar-refractivity contribution in [2.75, 3.05) is 0 Å². The first kappa shape index (κ1) is 15.3. The zero-order valence-corrected chi connectivity index (χ0v) is 15.1. The van der Waals surface area contributed by atoms with Gasteiger partial charge < -0.3 is 10.1 Å². The van der Waals surface area contributed by atoms with Gasteiger partial charge in [-0.3, -0.25) is 0 Å². The summed E-state index contributed by atoms with van der Waals surface area (Å²) in [6.07, 6.45) is 2.59. The second kappa shape index (κ2) is 6.69. The maximum absolute atomic E-state index is 5.93. The number of nitrogens with one attached hydrogen (secondary N) is 1. The molecule has 1 aliphatic carbocycles. The highest BCUT2D eigenvalue weighted by molar-refractivity contribution is 9.10. The lowest BCUT2D eigenvalue weighted by Gasteiger charge is -2.11. The van der Waals surface area contributed by atoms with Crippen molar-refractivity contribution in [3.8, 4) is 11.5 Å². The molecule has 1 aliphatic rings. The Labute approximate surface area is 146 Å². The Morgan fingerprint density at radius 1 is 1.10 bits per heavy atom. The lowest BCUT2D eigenvalue weighted by molar-refractivity contribution is 0.479. The topological polar surface area (TPSA) is 21.3 Å². The van der Waals surface area contributed by atoms with Crippen molar-refractivity contribution in [3.63, 3.8) is 0 Å². The molecule has 0 aromatic heterocycles. The summed E-state index contributed by atoms with van der Waals surface area (Å²) in [4.78, 5) is 0. The van der Waals surface area contributed by atoms with Crippen molar-refractivity contribution in [3.05, 3.63) is 55.9 Å². The van der Waals surface area contributed by atoms with Crippen LogP contribution in [0.2, 0.25) is 5.02 Å². The summed E-state index contributed by atoms with van der Waals surface area (Å²) in [6.45, 7) is 0.885. The van der Waals surface area contributed by atoms with Gasteiger partial charge >= 0.3 is 0 Å². The van der Waals surface area contributed by atoms with Crippen LogP contribution in [0.4, 0.5) is 0 Å². The average Bonchev–Trinajstić information content (AvgIpc) is 3.25. The Morgan fingerprint density at radius 3 is 2.57 bits per heavy atom. The molecule has 0 bridgehead atoms. The van der Waals surface area contributed by atoms with Gasteiger partial charge in [0.15, 0.2) is 0 Å². The van der Waals surface area contributed by atoms with E-state index in [9.17, 15) is 0 Å². The first-order chi connectivity index (χ1) is 10.1. The third kappa shape index (κ3) is 4.22. The lowest BCUT2D eigenvalue weighted by atomic mass is 10.2. The number of rotatable bonds is 5. The summed E-state index contributed by atoms with van der Waals surface area (Å²) in [5.74, 6) is 1.54. The molecule has 0 amide bonds. The van der Waals surface area contributed by atoms with Crippen molar-refractivity contribution in [2.24, 2.45) is 0 Å². The fourth-order valence-corrected chi connectivity index (χ4v) is 3.22. The van der Waals surface area contributed by atoms with E-state index in [0.717, 1.165) is 27.0 Å². The summed E-state index contributed by atoms with van der Waals surface area (Å²) in [7, 11) is 0. The second-order valence-electron chi connectivity index (χ2n) is 5.09. The Hall–Kier alpha value is -0.550. The molecular formula is C16H14Br2ClNO. The van der Waals surface area contributed by atoms with Gasteiger partial charge in [-0.1, -0.05) is 33.6 Å². The van der Waals surface area contributed by atoms with E-state index in [1.54, 1.807) is 0 Å². The van der Waals surface area contributed by atoms with Crippen molar-refractivity contribution < 1.29 is 4.74 Å². The standard InChI is InChI=1S/C16H14Br2ClNO/c17-14-8-13(5-1-10(14)9-20-12-3-4-12)21-16-6-2-11(19)7-15(16)18/h1-2,5-8,12,20H,3-4,9H2. The summed E-state index contributed by atoms with van der Waals surface area (Å²) >= 11 is 13.0. The average molecular weight is 432 g/mol. The van der Waals surface area contributed by atoms with Gasteiger partial charge in [-0.2, -0.15) is 0 Å². The predicted octanol–water partition coefficient (Wildman–Crippen LogP) is 5.91. The molecule has 0 radical (unpaired) electrons. The van der Waals surface area contributed by atoms with E-state index in [0.29, 0.717) is 11.1 Å². The molecule has 3 rings (SSSR count). The van der Waals surface area contributed by atoms with E-state index in [1.165, 1.54) is 18.4 Å².